The predicted molar refractivity (Wildman–Crippen MR) is 131 cm³/mol. The number of carbonyl (C=O) groups excluding carboxylic acids is 2. The van der Waals surface area contributed by atoms with E-state index in [9.17, 15) is 14.4 Å². The lowest BCUT2D eigenvalue weighted by molar-refractivity contribution is -0.137. The van der Waals surface area contributed by atoms with Crippen molar-refractivity contribution in [2.24, 2.45) is 5.92 Å². The van der Waals surface area contributed by atoms with E-state index in [4.69, 9.17) is 9.84 Å². The van der Waals surface area contributed by atoms with Crippen molar-refractivity contribution in [1.29, 1.82) is 0 Å². The number of fused-ring (bicyclic) bond motifs is 3. The highest BCUT2D eigenvalue weighted by molar-refractivity contribution is 5.81. The van der Waals surface area contributed by atoms with Crippen molar-refractivity contribution in [3.8, 4) is 11.1 Å². The van der Waals surface area contributed by atoms with E-state index in [0.717, 1.165) is 35.1 Å². The van der Waals surface area contributed by atoms with Crippen molar-refractivity contribution in [2.45, 2.75) is 57.9 Å². The molecule has 1 unspecified atom stereocenters. The van der Waals surface area contributed by atoms with Crippen LogP contribution in [0.5, 0.6) is 0 Å². The van der Waals surface area contributed by atoms with Crippen molar-refractivity contribution in [2.75, 3.05) is 13.2 Å². The van der Waals surface area contributed by atoms with Crippen molar-refractivity contribution >= 4 is 18.0 Å². The summed E-state index contributed by atoms with van der Waals surface area (Å²) in [5.74, 6) is -1.67. The molecule has 34 heavy (non-hydrogen) atoms. The van der Waals surface area contributed by atoms with Crippen LogP contribution in [-0.2, 0) is 14.3 Å². The van der Waals surface area contributed by atoms with Gasteiger partial charge in [-0.2, -0.15) is 0 Å². The molecule has 3 N–H and O–H groups in total. The van der Waals surface area contributed by atoms with Crippen LogP contribution in [0.3, 0.4) is 0 Å². The van der Waals surface area contributed by atoms with Crippen molar-refractivity contribution < 1.29 is 24.2 Å². The lowest BCUT2D eigenvalue weighted by Gasteiger charge is -2.21. The smallest absolute Gasteiger partial charge is 0.407 e. The largest absolute Gasteiger partial charge is 0.481 e. The molecule has 2 aromatic carbocycles. The number of unbranched alkanes of at least 4 members (excludes halogenated alkanes) is 1. The van der Waals surface area contributed by atoms with Crippen molar-refractivity contribution in [3.05, 3.63) is 59.7 Å². The molecule has 7 heteroatoms. The Labute approximate surface area is 200 Å². The van der Waals surface area contributed by atoms with E-state index in [1.165, 1.54) is 0 Å². The van der Waals surface area contributed by atoms with Gasteiger partial charge < -0.3 is 20.5 Å². The number of carboxylic acid groups (broad SMARTS) is 1. The van der Waals surface area contributed by atoms with Crippen LogP contribution in [0, 0.1) is 5.92 Å². The predicted octanol–water partition coefficient (Wildman–Crippen LogP) is 4.70. The molecule has 1 aliphatic rings. The van der Waals surface area contributed by atoms with Gasteiger partial charge in [0.15, 0.2) is 0 Å². The normalized spacial score (nSPS) is 13.9. The van der Waals surface area contributed by atoms with E-state index in [2.05, 4.69) is 34.9 Å². The second-order valence-corrected chi connectivity index (χ2v) is 8.76. The Morgan fingerprint density at radius 3 is 2.18 bits per heavy atom. The molecule has 0 aliphatic heterocycles. The lowest BCUT2D eigenvalue weighted by atomic mass is 9.98. The van der Waals surface area contributed by atoms with Crippen LogP contribution in [0.4, 0.5) is 4.79 Å². The molecule has 2 atom stereocenters. The standard InChI is InChI=1S/C27H34N2O5/c1-3-5-10-19(15-25(30)31)29-26(32)18(4-2)16-28-27(33)34-17-24-22-13-8-6-11-20(22)21-12-7-9-14-23(21)24/h6-9,11-14,18-19,24H,3-5,10,15-17H2,1-2H3,(H,28,33)(H,29,32)(H,30,31)/t18?,19-/m1/s1. The number of rotatable bonds is 12. The molecule has 0 fully saturated rings. The third kappa shape index (κ3) is 6.37. The molecule has 182 valence electrons. The Hall–Kier alpha value is -3.35. The van der Waals surface area contributed by atoms with Crippen LogP contribution in [0.25, 0.3) is 11.1 Å². The number of carbonyl (C=O) groups is 3. The van der Waals surface area contributed by atoms with Crippen molar-refractivity contribution in [1.82, 2.24) is 10.6 Å². The fourth-order valence-electron chi connectivity index (χ4n) is 4.48. The molecule has 0 aromatic heterocycles. The Kier molecular flexibility index (Phi) is 9.08. The summed E-state index contributed by atoms with van der Waals surface area (Å²) in [4.78, 5) is 36.2. The molecule has 2 amide bonds. The van der Waals surface area contributed by atoms with Gasteiger partial charge in [-0.25, -0.2) is 4.79 Å². The quantitative estimate of drug-likeness (QED) is 0.421. The second kappa shape index (κ2) is 12.2. The van der Waals surface area contributed by atoms with E-state index in [1.807, 2.05) is 38.1 Å². The van der Waals surface area contributed by atoms with Gasteiger partial charge in [0.25, 0.3) is 0 Å². The second-order valence-electron chi connectivity index (χ2n) is 8.76. The summed E-state index contributed by atoms with van der Waals surface area (Å²) in [6.07, 6.45) is 2.22. The van der Waals surface area contributed by atoms with Gasteiger partial charge in [0, 0.05) is 18.5 Å². The number of nitrogens with one attached hydrogen (secondary N) is 2. The highest BCUT2D eigenvalue weighted by Gasteiger charge is 2.29. The SMILES string of the molecule is CCCC[C@H](CC(=O)O)NC(=O)C(CC)CNC(=O)OCC1c2ccccc2-c2ccccc21. The fraction of sp³-hybridized carbons (Fsp3) is 0.444. The van der Waals surface area contributed by atoms with Crippen LogP contribution >= 0.6 is 0 Å². The molecule has 0 radical (unpaired) electrons. The van der Waals surface area contributed by atoms with E-state index >= 15 is 0 Å². The summed E-state index contributed by atoms with van der Waals surface area (Å²) < 4.78 is 5.54. The average molecular weight is 467 g/mol. The Bertz CT molecular complexity index is 961. The molecule has 0 saturated heterocycles. The van der Waals surface area contributed by atoms with E-state index in [0.29, 0.717) is 12.8 Å². The number of hydrogen-bond acceptors (Lipinski definition) is 4. The van der Waals surface area contributed by atoms with E-state index in [1.54, 1.807) is 0 Å². The summed E-state index contributed by atoms with van der Waals surface area (Å²) in [7, 11) is 0. The highest BCUT2D eigenvalue weighted by Crippen LogP contribution is 2.44. The third-order valence-corrected chi connectivity index (χ3v) is 6.37. The maximum atomic E-state index is 12.7. The van der Waals surface area contributed by atoms with Crippen LogP contribution in [0.15, 0.2) is 48.5 Å². The van der Waals surface area contributed by atoms with Gasteiger partial charge in [0.05, 0.1) is 12.3 Å². The minimum Gasteiger partial charge on any atom is -0.481 e. The van der Waals surface area contributed by atoms with Gasteiger partial charge in [-0.05, 0) is 35.1 Å². The molecule has 0 bridgehead atoms. The topological polar surface area (TPSA) is 105 Å². The molecule has 7 nitrogen and oxygen atoms in total. The van der Waals surface area contributed by atoms with Crippen LogP contribution in [-0.4, -0.2) is 42.3 Å². The first-order valence-electron chi connectivity index (χ1n) is 12.1. The average Bonchev–Trinajstić information content (AvgIpc) is 3.15. The molecular formula is C27H34N2O5. The number of amides is 2. The summed E-state index contributed by atoms with van der Waals surface area (Å²) in [5, 5.41) is 14.7. The summed E-state index contributed by atoms with van der Waals surface area (Å²) >= 11 is 0. The summed E-state index contributed by atoms with van der Waals surface area (Å²) in [5.41, 5.74) is 4.60. The van der Waals surface area contributed by atoms with Crippen LogP contribution < -0.4 is 10.6 Å². The number of ether oxygens (including phenoxy) is 1. The number of hydrogen-bond donors (Lipinski definition) is 3. The number of carboxylic acids is 1. The summed E-state index contributed by atoms with van der Waals surface area (Å²) in [6, 6.07) is 15.9. The summed E-state index contributed by atoms with van der Waals surface area (Å²) in [6.45, 7) is 4.22. The monoisotopic (exact) mass is 466 g/mol. The van der Waals surface area contributed by atoms with Gasteiger partial charge in [0.2, 0.25) is 5.91 Å². The Morgan fingerprint density at radius 1 is 1.00 bits per heavy atom. The van der Waals surface area contributed by atoms with Crippen LogP contribution in [0.1, 0.15) is 63.0 Å². The van der Waals surface area contributed by atoms with Gasteiger partial charge in [-0.1, -0.05) is 75.2 Å². The molecule has 3 rings (SSSR count). The molecule has 2 aromatic rings. The minimum absolute atomic E-state index is 0.0289. The van der Waals surface area contributed by atoms with Gasteiger partial charge in [0.1, 0.15) is 6.61 Å². The van der Waals surface area contributed by atoms with Gasteiger partial charge in [-0.3, -0.25) is 9.59 Å². The van der Waals surface area contributed by atoms with E-state index < -0.39 is 24.0 Å². The first-order chi connectivity index (χ1) is 16.4. The first kappa shape index (κ1) is 25.3. The molecule has 0 heterocycles. The Balaban J connectivity index is 1.53. The van der Waals surface area contributed by atoms with Gasteiger partial charge >= 0.3 is 12.1 Å². The minimum atomic E-state index is -0.939. The molecule has 1 aliphatic carbocycles. The fourth-order valence-corrected chi connectivity index (χ4v) is 4.48. The van der Waals surface area contributed by atoms with Crippen molar-refractivity contribution in [3.63, 3.8) is 0 Å². The van der Waals surface area contributed by atoms with Crippen LogP contribution in [0.2, 0.25) is 0 Å². The maximum Gasteiger partial charge on any atom is 0.407 e. The zero-order valence-electron chi connectivity index (χ0n) is 19.9. The molecule has 0 spiro atoms. The first-order valence-corrected chi connectivity index (χ1v) is 12.1. The zero-order chi connectivity index (χ0) is 24.5. The number of benzene rings is 2. The maximum absolute atomic E-state index is 12.7. The third-order valence-electron chi connectivity index (χ3n) is 6.37. The molecule has 0 saturated carbocycles. The Morgan fingerprint density at radius 2 is 1.62 bits per heavy atom. The van der Waals surface area contributed by atoms with E-state index in [-0.39, 0.29) is 31.4 Å². The molecular weight excluding hydrogens is 432 g/mol. The van der Waals surface area contributed by atoms with Gasteiger partial charge in [-0.15, -0.1) is 0 Å². The highest BCUT2D eigenvalue weighted by atomic mass is 16.5. The number of aliphatic carboxylic acids is 1. The lowest BCUT2D eigenvalue weighted by Crippen LogP contribution is -2.44. The zero-order valence-corrected chi connectivity index (χ0v) is 19.9. The number of alkyl carbamates (subject to hydrolysis) is 1.